The molecule has 0 aromatic heterocycles. The van der Waals surface area contributed by atoms with E-state index in [0.717, 1.165) is 12.3 Å². The Labute approximate surface area is 95.2 Å². The van der Waals surface area contributed by atoms with Crippen LogP contribution in [0.5, 0.6) is 0 Å². The Morgan fingerprint density at radius 3 is 1.07 bits per heavy atom. The second-order valence-electron chi connectivity index (χ2n) is 5.73. The molecule has 80 valence electrons. The predicted octanol–water partition coefficient (Wildman–Crippen LogP) is 3.71. The van der Waals surface area contributed by atoms with Crippen molar-refractivity contribution in [3.8, 4) is 0 Å². The van der Waals surface area contributed by atoms with E-state index in [1.54, 1.807) is 0 Å². The summed E-state index contributed by atoms with van der Waals surface area (Å²) in [6.07, 6.45) is 2.22. The summed E-state index contributed by atoms with van der Waals surface area (Å²) in [5.74, 6) is 0. The molecule has 2 atom stereocenters. The predicted molar refractivity (Wildman–Crippen MR) is 74.6 cm³/mol. The highest BCUT2D eigenvalue weighted by molar-refractivity contribution is 7.86. The molecule has 4 heteroatoms. The Hall–Kier alpha value is 0.990. The van der Waals surface area contributed by atoms with Gasteiger partial charge in [0.05, 0.1) is 0 Å². The highest BCUT2D eigenvalue weighted by Gasteiger charge is 2.12. The van der Waals surface area contributed by atoms with Crippen molar-refractivity contribution >= 4 is 30.7 Å². The fourth-order valence-corrected chi connectivity index (χ4v) is 3.95. The molecule has 0 spiro atoms. The molecule has 0 aliphatic heterocycles. The van der Waals surface area contributed by atoms with Crippen molar-refractivity contribution in [1.29, 1.82) is 0 Å². The van der Waals surface area contributed by atoms with E-state index in [1.165, 1.54) is 0 Å². The van der Waals surface area contributed by atoms with Gasteiger partial charge in [0.15, 0.2) is 0 Å². The van der Waals surface area contributed by atoms with Crippen LogP contribution in [0.4, 0.5) is 0 Å². The maximum absolute atomic E-state index is 6.16. The molecular weight excluding hydrogens is 204 g/mol. The van der Waals surface area contributed by atoms with Crippen LogP contribution in [0.25, 0.3) is 0 Å². The minimum Gasteiger partial charge on any atom is -0.579 e. The lowest BCUT2D eigenvalue weighted by Crippen LogP contribution is -2.18. The lowest BCUT2D eigenvalue weighted by Gasteiger charge is -2.47. The molecule has 0 aliphatic rings. The van der Waals surface area contributed by atoms with Crippen LogP contribution in [-0.4, -0.2) is 37.8 Å². The SMILES string of the molecule is [B-]P(CCP([B-])C(C)(C)C)C(C)(C)C. The Morgan fingerprint density at radius 1 is 0.714 bits per heavy atom. The second kappa shape index (κ2) is 5.36. The van der Waals surface area contributed by atoms with Gasteiger partial charge in [0.1, 0.15) is 0 Å². The number of rotatable bonds is 3. The smallest absolute Gasteiger partial charge is 0.0596 e. The van der Waals surface area contributed by atoms with Crippen molar-refractivity contribution in [3.05, 3.63) is 0 Å². The molecule has 6 radical (unpaired) electrons. The van der Waals surface area contributed by atoms with Gasteiger partial charge in [0.2, 0.25) is 0 Å². The van der Waals surface area contributed by atoms with Crippen LogP contribution >= 0.6 is 15.6 Å². The minimum absolute atomic E-state index is 0.267. The highest BCUT2D eigenvalue weighted by Crippen LogP contribution is 2.51. The van der Waals surface area contributed by atoms with E-state index in [4.69, 9.17) is 15.1 Å². The van der Waals surface area contributed by atoms with E-state index < -0.39 is 0 Å². The Kier molecular flexibility index (Phi) is 5.74. The monoisotopic (exact) mass is 226 g/mol. The van der Waals surface area contributed by atoms with Gasteiger partial charge >= 0.3 is 0 Å². The molecule has 0 aromatic carbocycles. The second-order valence-corrected chi connectivity index (χ2v) is 11.2. The summed E-state index contributed by atoms with van der Waals surface area (Å²) < 4.78 is 0. The third-order valence-electron chi connectivity index (χ3n) is 2.31. The molecule has 0 N–H and O–H groups in total. The fourth-order valence-electron chi connectivity index (χ4n) is 0.886. The molecule has 0 amide bonds. The van der Waals surface area contributed by atoms with Crippen LogP contribution in [0.3, 0.4) is 0 Å². The molecule has 2 unspecified atom stereocenters. The molecular formula is C10H22B2P2-2. The molecule has 0 fully saturated rings. The summed E-state index contributed by atoms with van der Waals surface area (Å²) >= 11 is 0. The topological polar surface area (TPSA) is 0 Å². The third kappa shape index (κ3) is 5.77. The first-order chi connectivity index (χ1) is 6.05. The van der Waals surface area contributed by atoms with Gasteiger partial charge < -0.3 is 30.7 Å². The van der Waals surface area contributed by atoms with Gasteiger partial charge in [-0.05, 0) is 0 Å². The Balaban J connectivity index is 3.96. The number of hydrogen-bond donors (Lipinski definition) is 0. The average Bonchev–Trinajstić information content (AvgIpc) is 1.95. The lowest BCUT2D eigenvalue weighted by atomic mass is 10.3. The first kappa shape index (κ1) is 15.0. The molecule has 0 rings (SSSR count). The Morgan fingerprint density at radius 2 is 0.929 bits per heavy atom. The van der Waals surface area contributed by atoms with E-state index in [0.29, 0.717) is 0 Å². The molecule has 0 saturated carbocycles. The molecule has 0 saturated heterocycles. The average molecular weight is 226 g/mol. The zero-order valence-corrected chi connectivity index (χ0v) is 12.3. The van der Waals surface area contributed by atoms with Crippen LogP contribution in [0, 0.1) is 0 Å². The van der Waals surface area contributed by atoms with Crippen LogP contribution in [0.1, 0.15) is 41.5 Å². The van der Waals surface area contributed by atoms with E-state index in [9.17, 15) is 0 Å². The van der Waals surface area contributed by atoms with Gasteiger partial charge in [-0.2, -0.15) is 0 Å². The maximum atomic E-state index is 6.16. The summed E-state index contributed by atoms with van der Waals surface area (Å²) in [6, 6.07) is 0. The van der Waals surface area contributed by atoms with Gasteiger partial charge in [-0.25, -0.2) is 0 Å². The molecule has 0 heterocycles. The summed E-state index contributed by atoms with van der Waals surface area (Å²) in [4.78, 5) is 0. The molecule has 0 bridgehead atoms. The zero-order valence-electron chi connectivity index (χ0n) is 10.5. The number of hydrogen-bond acceptors (Lipinski definition) is 0. The largest absolute Gasteiger partial charge is 0.579 e. The lowest BCUT2D eigenvalue weighted by molar-refractivity contribution is 0.784. The molecule has 0 nitrogen and oxygen atoms in total. The summed E-state index contributed by atoms with van der Waals surface area (Å²) in [5, 5.41) is 0.535. The van der Waals surface area contributed by atoms with E-state index in [1.807, 2.05) is 0 Å². The standard InChI is InChI=1S/C10H22B2P2/c1-9(2,3)13(11)7-8-14(12)10(4,5)6/h7-8H2,1-6H3/q-2. The summed E-state index contributed by atoms with van der Waals surface area (Å²) in [6.45, 7) is 13.3. The van der Waals surface area contributed by atoms with Crippen molar-refractivity contribution in [2.45, 2.75) is 51.9 Å². The molecule has 14 heavy (non-hydrogen) atoms. The normalized spacial score (nSPS) is 18.0. The minimum atomic E-state index is -0.365. The summed E-state index contributed by atoms with van der Waals surface area (Å²) in [7, 11) is 11.6. The van der Waals surface area contributed by atoms with E-state index >= 15 is 0 Å². The van der Waals surface area contributed by atoms with Gasteiger partial charge in [-0.3, -0.25) is 0 Å². The van der Waals surface area contributed by atoms with Crippen molar-refractivity contribution < 1.29 is 0 Å². The van der Waals surface area contributed by atoms with Crippen LogP contribution in [0.15, 0.2) is 0 Å². The van der Waals surface area contributed by atoms with Gasteiger partial charge in [-0.1, -0.05) is 64.2 Å². The van der Waals surface area contributed by atoms with Gasteiger partial charge in [0, 0.05) is 0 Å². The molecule has 0 aromatic rings. The van der Waals surface area contributed by atoms with Gasteiger partial charge in [0.25, 0.3) is 0 Å². The van der Waals surface area contributed by atoms with E-state index in [-0.39, 0.29) is 25.9 Å². The van der Waals surface area contributed by atoms with Gasteiger partial charge in [-0.15, -0.1) is 0 Å². The molecule has 0 aliphatic carbocycles. The van der Waals surface area contributed by atoms with Crippen LogP contribution in [0.2, 0.25) is 0 Å². The van der Waals surface area contributed by atoms with Crippen LogP contribution in [-0.2, 0) is 0 Å². The summed E-state index contributed by atoms with van der Waals surface area (Å²) in [5.41, 5.74) is 0. The maximum Gasteiger partial charge on any atom is -0.0596 e. The third-order valence-corrected chi connectivity index (χ3v) is 7.52. The van der Waals surface area contributed by atoms with Crippen molar-refractivity contribution in [2.75, 3.05) is 12.3 Å². The zero-order chi connectivity index (χ0) is 11.6. The first-order valence-corrected chi connectivity index (χ1v) is 8.29. The van der Waals surface area contributed by atoms with Crippen LogP contribution < -0.4 is 0 Å². The van der Waals surface area contributed by atoms with E-state index in [2.05, 4.69) is 41.5 Å². The van der Waals surface area contributed by atoms with Crippen molar-refractivity contribution in [1.82, 2.24) is 0 Å². The first-order valence-electron chi connectivity index (χ1n) is 5.10. The highest BCUT2D eigenvalue weighted by atomic mass is 31.1. The fraction of sp³-hybridized carbons (Fsp3) is 1.00. The quantitative estimate of drug-likeness (QED) is 0.508. The van der Waals surface area contributed by atoms with Crippen molar-refractivity contribution in [3.63, 3.8) is 0 Å². The Bertz CT molecular complexity index is 150. The van der Waals surface area contributed by atoms with Crippen molar-refractivity contribution in [2.24, 2.45) is 0 Å².